The zero-order valence-electron chi connectivity index (χ0n) is 17.8. The van der Waals surface area contributed by atoms with Crippen LogP contribution in [0.25, 0.3) is 0 Å². The van der Waals surface area contributed by atoms with Gasteiger partial charge >= 0.3 is 0 Å². The summed E-state index contributed by atoms with van der Waals surface area (Å²) in [5.74, 6) is 1.53. The third-order valence-corrected chi connectivity index (χ3v) is 7.13. The summed E-state index contributed by atoms with van der Waals surface area (Å²) < 4.78 is 13.7. The van der Waals surface area contributed by atoms with Gasteiger partial charge in [0.25, 0.3) is 0 Å². The Balaban J connectivity index is 1.46. The molecule has 1 aromatic carbocycles. The van der Waals surface area contributed by atoms with Crippen LogP contribution in [0.3, 0.4) is 0 Å². The maximum absolute atomic E-state index is 5.88. The summed E-state index contributed by atoms with van der Waals surface area (Å²) in [6.45, 7) is 0.256. The van der Waals surface area contributed by atoms with Gasteiger partial charge in [0.05, 0.1) is 11.7 Å². The van der Waals surface area contributed by atoms with Crippen LogP contribution in [0.2, 0.25) is 0 Å². The van der Waals surface area contributed by atoms with Gasteiger partial charge in [0, 0.05) is 35.9 Å². The topological polar surface area (TPSA) is 51.6 Å². The molecule has 1 N–H and O–H groups in total. The highest BCUT2D eigenvalue weighted by atomic mass is 32.1. The van der Waals surface area contributed by atoms with Crippen molar-refractivity contribution in [1.82, 2.24) is 14.9 Å². The zero-order chi connectivity index (χ0) is 21.5. The van der Waals surface area contributed by atoms with E-state index in [0.717, 1.165) is 22.9 Å². The van der Waals surface area contributed by atoms with E-state index in [2.05, 4.69) is 50.2 Å². The molecule has 1 aliphatic carbocycles. The molecule has 6 nitrogen and oxygen atoms in total. The van der Waals surface area contributed by atoms with Crippen molar-refractivity contribution in [2.75, 3.05) is 11.7 Å². The maximum Gasteiger partial charge on any atom is 0.231 e. The number of fused-ring (bicyclic) bond motifs is 1. The molecule has 0 bridgehead atoms. The Morgan fingerprint density at radius 2 is 1.84 bits per heavy atom. The first-order valence-corrected chi connectivity index (χ1v) is 11.8. The van der Waals surface area contributed by atoms with E-state index in [1.54, 1.807) is 0 Å². The van der Waals surface area contributed by atoms with E-state index >= 15 is 0 Å². The number of ether oxygens (including phenoxy) is 2. The Morgan fingerprint density at radius 3 is 2.69 bits per heavy atom. The predicted octanol–water partition coefficient (Wildman–Crippen LogP) is 5.29. The molecule has 1 saturated heterocycles. The lowest BCUT2D eigenvalue weighted by Gasteiger charge is -2.32. The van der Waals surface area contributed by atoms with Gasteiger partial charge in [-0.2, -0.15) is 0 Å². The van der Waals surface area contributed by atoms with Crippen molar-refractivity contribution in [3.05, 3.63) is 72.3 Å². The van der Waals surface area contributed by atoms with E-state index in [1.165, 1.54) is 37.8 Å². The van der Waals surface area contributed by atoms with Crippen molar-refractivity contribution < 1.29 is 9.47 Å². The molecule has 2 fully saturated rings. The van der Waals surface area contributed by atoms with Gasteiger partial charge in [-0.05, 0) is 61.5 Å². The summed E-state index contributed by atoms with van der Waals surface area (Å²) in [5, 5.41) is 4.26. The predicted molar refractivity (Wildman–Crippen MR) is 127 cm³/mol. The van der Waals surface area contributed by atoms with E-state index in [4.69, 9.17) is 21.7 Å². The van der Waals surface area contributed by atoms with E-state index in [9.17, 15) is 0 Å². The maximum atomic E-state index is 5.88. The number of benzene rings is 1. The second-order valence-electron chi connectivity index (χ2n) is 8.67. The molecule has 4 heterocycles. The highest BCUT2D eigenvalue weighted by Gasteiger charge is 2.43. The van der Waals surface area contributed by atoms with E-state index in [0.29, 0.717) is 11.2 Å². The zero-order valence-corrected chi connectivity index (χ0v) is 18.6. The lowest BCUT2D eigenvalue weighted by Crippen LogP contribution is -2.31. The van der Waals surface area contributed by atoms with Crippen LogP contribution in [-0.2, 0) is 0 Å². The number of nitrogens with zero attached hydrogens (tertiary/aromatic N) is 3. The molecule has 0 radical (unpaired) electrons. The molecule has 3 aromatic rings. The van der Waals surface area contributed by atoms with Crippen LogP contribution in [0.5, 0.6) is 11.5 Å². The summed E-state index contributed by atoms with van der Waals surface area (Å²) in [6, 6.07) is 17.0. The van der Waals surface area contributed by atoms with Gasteiger partial charge in [-0.1, -0.05) is 25.3 Å². The van der Waals surface area contributed by atoms with Crippen molar-refractivity contribution in [2.45, 2.75) is 50.2 Å². The molecule has 1 saturated carbocycles. The fourth-order valence-corrected chi connectivity index (χ4v) is 5.66. The Kier molecular flexibility index (Phi) is 4.98. The first kappa shape index (κ1) is 19.6. The molecule has 2 unspecified atom stereocenters. The van der Waals surface area contributed by atoms with Gasteiger partial charge in [-0.25, -0.2) is 0 Å². The summed E-state index contributed by atoms with van der Waals surface area (Å²) in [6.07, 6.45) is 10.5. The molecule has 6 rings (SSSR count). The van der Waals surface area contributed by atoms with Crippen LogP contribution < -0.4 is 19.7 Å². The highest BCUT2D eigenvalue weighted by Crippen LogP contribution is 2.45. The van der Waals surface area contributed by atoms with Gasteiger partial charge in [0.2, 0.25) is 6.79 Å². The SMILES string of the molecule is S=C1NC(c2ccccn2)C(c2cccn2C2CCCCC2)N1c1ccc2c(c1)OCO2. The van der Waals surface area contributed by atoms with Gasteiger partial charge in [-0.15, -0.1) is 0 Å². The smallest absolute Gasteiger partial charge is 0.231 e. The Labute approximate surface area is 193 Å². The number of hydrogen-bond donors (Lipinski definition) is 1. The van der Waals surface area contributed by atoms with Crippen LogP contribution in [0.1, 0.15) is 61.6 Å². The summed E-state index contributed by atoms with van der Waals surface area (Å²) >= 11 is 5.88. The standard InChI is InChI=1S/C25H26N4O2S/c32-25-27-23(19-9-4-5-13-26-19)24(20-10-6-14-28(20)17-7-2-1-3-8-17)29(25)18-11-12-21-22(15-18)31-16-30-21/h4-6,9-15,17,23-24H,1-3,7-8,16H2,(H,27,32). The third kappa shape index (κ3) is 3.32. The van der Waals surface area contributed by atoms with Crippen molar-refractivity contribution in [3.8, 4) is 11.5 Å². The molecule has 0 amide bonds. The van der Waals surface area contributed by atoms with Gasteiger partial charge in [0.1, 0.15) is 6.04 Å². The van der Waals surface area contributed by atoms with Crippen molar-refractivity contribution in [1.29, 1.82) is 0 Å². The monoisotopic (exact) mass is 446 g/mol. The van der Waals surface area contributed by atoms with Crippen molar-refractivity contribution >= 4 is 23.0 Å². The quantitative estimate of drug-likeness (QED) is 0.550. The first-order chi connectivity index (χ1) is 15.8. The summed E-state index contributed by atoms with van der Waals surface area (Å²) in [7, 11) is 0. The number of anilines is 1. The third-order valence-electron chi connectivity index (χ3n) is 6.82. The number of hydrogen-bond acceptors (Lipinski definition) is 4. The molecule has 2 aliphatic heterocycles. The molecule has 164 valence electrons. The number of nitrogens with one attached hydrogen (secondary N) is 1. The molecule has 2 aromatic heterocycles. The largest absolute Gasteiger partial charge is 0.454 e. The van der Waals surface area contributed by atoms with E-state index < -0.39 is 0 Å². The molecule has 7 heteroatoms. The minimum Gasteiger partial charge on any atom is -0.454 e. The van der Waals surface area contributed by atoms with Crippen LogP contribution >= 0.6 is 12.2 Å². The van der Waals surface area contributed by atoms with Crippen molar-refractivity contribution in [3.63, 3.8) is 0 Å². The second-order valence-corrected chi connectivity index (χ2v) is 9.05. The number of rotatable bonds is 4. The van der Waals surface area contributed by atoms with E-state index in [1.807, 2.05) is 30.5 Å². The average molecular weight is 447 g/mol. The van der Waals surface area contributed by atoms with Crippen LogP contribution in [0, 0.1) is 0 Å². The lowest BCUT2D eigenvalue weighted by molar-refractivity contribution is 0.174. The molecular formula is C25H26N4O2S. The fraction of sp³-hybridized carbons (Fsp3) is 0.360. The number of aromatic nitrogens is 2. The average Bonchev–Trinajstić information content (AvgIpc) is 3.57. The first-order valence-electron chi connectivity index (χ1n) is 11.4. The van der Waals surface area contributed by atoms with Crippen LogP contribution in [-0.4, -0.2) is 21.5 Å². The van der Waals surface area contributed by atoms with Crippen molar-refractivity contribution in [2.24, 2.45) is 0 Å². The summed E-state index contributed by atoms with van der Waals surface area (Å²) in [4.78, 5) is 6.89. The lowest BCUT2D eigenvalue weighted by atomic mass is 9.94. The molecular weight excluding hydrogens is 420 g/mol. The minimum absolute atomic E-state index is 0.0188. The second kappa shape index (κ2) is 8.13. The Morgan fingerprint density at radius 1 is 0.969 bits per heavy atom. The fourth-order valence-electron chi connectivity index (χ4n) is 5.32. The summed E-state index contributed by atoms with van der Waals surface area (Å²) in [5.41, 5.74) is 3.24. The minimum atomic E-state index is -0.0497. The number of pyridine rings is 1. The molecule has 0 spiro atoms. The van der Waals surface area contributed by atoms with Crippen LogP contribution in [0.4, 0.5) is 5.69 Å². The van der Waals surface area contributed by atoms with Crippen LogP contribution in [0.15, 0.2) is 60.9 Å². The Bertz CT molecular complexity index is 1130. The molecule has 3 aliphatic rings. The van der Waals surface area contributed by atoms with Gasteiger partial charge < -0.3 is 24.3 Å². The Hall–Kier alpha value is -3.06. The normalized spacial score (nSPS) is 22.9. The van der Waals surface area contributed by atoms with E-state index in [-0.39, 0.29) is 18.9 Å². The number of thiocarbonyl (C=S) groups is 1. The van der Waals surface area contributed by atoms with Gasteiger partial charge in [0.15, 0.2) is 16.6 Å². The van der Waals surface area contributed by atoms with Gasteiger partial charge in [-0.3, -0.25) is 4.98 Å². The molecule has 32 heavy (non-hydrogen) atoms. The highest BCUT2D eigenvalue weighted by molar-refractivity contribution is 7.80. The molecule has 2 atom stereocenters.